The average molecular weight is 352 g/mol. The Morgan fingerprint density at radius 3 is 2.69 bits per heavy atom. The number of benzene rings is 1. The molecule has 0 atom stereocenters. The first-order chi connectivity index (χ1) is 12.7. The van der Waals surface area contributed by atoms with Crippen LogP contribution in [0.3, 0.4) is 0 Å². The number of hydrogen-bond donors (Lipinski definition) is 1. The van der Waals surface area contributed by atoms with E-state index in [1.54, 1.807) is 36.3 Å². The Labute approximate surface area is 152 Å². The number of halogens is 1. The van der Waals surface area contributed by atoms with Crippen LogP contribution in [0.15, 0.2) is 66.0 Å². The number of guanidine groups is 1. The second-order valence-electron chi connectivity index (χ2n) is 5.86. The molecule has 3 aromatic rings. The number of nitrogens with one attached hydrogen (secondary N) is 1. The monoisotopic (exact) mass is 352 g/mol. The van der Waals surface area contributed by atoms with Crippen molar-refractivity contribution in [3.05, 3.63) is 78.0 Å². The van der Waals surface area contributed by atoms with E-state index in [-0.39, 0.29) is 5.82 Å². The highest BCUT2D eigenvalue weighted by molar-refractivity contribution is 5.79. The van der Waals surface area contributed by atoms with E-state index in [4.69, 9.17) is 0 Å². The van der Waals surface area contributed by atoms with Gasteiger partial charge in [0.1, 0.15) is 5.82 Å². The number of pyridine rings is 1. The molecule has 0 bridgehead atoms. The minimum Gasteiger partial charge on any atom is -0.352 e. The average Bonchev–Trinajstić information content (AvgIpc) is 3.19. The molecule has 3 rings (SSSR count). The number of hydrogen-bond acceptors (Lipinski definition) is 3. The lowest BCUT2D eigenvalue weighted by atomic mass is 10.2. The van der Waals surface area contributed by atoms with E-state index < -0.39 is 0 Å². The van der Waals surface area contributed by atoms with Crippen LogP contribution in [-0.2, 0) is 13.1 Å². The summed E-state index contributed by atoms with van der Waals surface area (Å²) in [7, 11) is 3.69. The van der Waals surface area contributed by atoms with Crippen LogP contribution in [0, 0.1) is 5.82 Å². The first-order valence-electron chi connectivity index (χ1n) is 8.27. The maximum atomic E-state index is 13.0. The number of rotatable bonds is 5. The highest BCUT2D eigenvalue weighted by Gasteiger charge is 2.07. The van der Waals surface area contributed by atoms with Crippen molar-refractivity contribution in [2.75, 3.05) is 14.1 Å². The molecule has 0 amide bonds. The summed E-state index contributed by atoms with van der Waals surface area (Å²) in [6, 6.07) is 12.3. The molecule has 0 saturated carbocycles. The zero-order valence-corrected chi connectivity index (χ0v) is 14.8. The molecule has 6 nitrogen and oxygen atoms in total. The summed E-state index contributed by atoms with van der Waals surface area (Å²) in [5.41, 5.74) is 2.09. The van der Waals surface area contributed by atoms with Crippen molar-refractivity contribution in [3.63, 3.8) is 0 Å². The summed E-state index contributed by atoms with van der Waals surface area (Å²) in [5.74, 6) is 1.29. The van der Waals surface area contributed by atoms with E-state index in [1.165, 1.54) is 12.1 Å². The number of aliphatic imine (C=N–C) groups is 1. The van der Waals surface area contributed by atoms with Gasteiger partial charge < -0.3 is 10.2 Å². The molecule has 134 valence electrons. The Balaban J connectivity index is 1.62. The van der Waals surface area contributed by atoms with Crippen molar-refractivity contribution in [2.45, 2.75) is 13.1 Å². The van der Waals surface area contributed by atoms with Crippen LogP contribution >= 0.6 is 0 Å². The number of aromatic nitrogens is 3. The van der Waals surface area contributed by atoms with Crippen LogP contribution in [-0.4, -0.2) is 39.7 Å². The van der Waals surface area contributed by atoms with Crippen molar-refractivity contribution in [3.8, 4) is 5.82 Å². The smallest absolute Gasteiger partial charge is 0.193 e. The molecule has 1 N–H and O–H groups in total. The summed E-state index contributed by atoms with van der Waals surface area (Å²) in [6.07, 6.45) is 5.34. The molecule has 7 heteroatoms. The normalized spacial score (nSPS) is 11.4. The van der Waals surface area contributed by atoms with Crippen LogP contribution in [0.2, 0.25) is 0 Å². The zero-order valence-electron chi connectivity index (χ0n) is 14.8. The van der Waals surface area contributed by atoms with Gasteiger partial charge in [-0.1, -0.05) is 12.1 Å². The lowest BCUT2D eigenvalue weighted by Crippen LogP contribution is -2.38. The van der Waals surface area contributed by atoms with E-state index in [1.807, 2.05) is 36.3 Å². The highest BCUT2D eigenvalue weighted by atomic mass is 19.1. The summed E-state index contributed by atoms with van der Waals surface area (Å²) in [5, 5.41) is 7.53. The maximum Gasteiger partial charge on any atom is 0.193 e. The lowest BCUT2D eigenvalue weighted by molar-refractivity contribution is 0.476. The minimum atomic E-state index is -0.232. The standard InChI is InChI=1S/C19H21FN6/c1-21-19(25(2)14-15-4-6-17(20)7-5-15)23-13-16-8-10-22-18(12-16)26-11-3-9-24-26/h3-12H,13-14H2,1-2H3,(H,21,23). The minimum absolute atomic E-state index is 0.232. The molecular weight excluding hydrogens is 331 g/mol. The first kappa shape index (κ1) is 17.6. The van der Waals surface area contributed by atoms with Crippen LogP contribution in [0.1, 0.15) is 11.1 Å². The molecule has 0 radical (unpaired) electrons. The van der Waals surface area contributed by atoms with Crippen molar-refractivity contribution < 1.29 is 4.39 Å². The molecule has 0 aliphatic carbocycles. The van der Waals surface area contributed by atoms with Gasteiger partial charge in [-0.3, -0.25) is 4.99 Å². The third-order valence-corrected chi connectivity index (χ3v) is 3.91. The fourth-order valence-electron chi connectivity index (χ4n) is 2.60. The Kier molecular flexibility index (Phi) is 5.58. The predicted molar refractivity (Wildman–Crippen MR) is 99.4 cm³/mol. The van der Waals surface area contributed by atoms with E-state index in [0.717, 1.165) is 22.9 Å². The molecule has 0 aliphatic heterocycles. The summed E-state index contributed by atoms with van der Waals surface area (Å²) >= 11 is 0. The van der Waals surface area contributed by atoms with Crippen molar-refractivity contribution in [1.82, 2.24) is 25.0 Å². The van der Waals surface area contributed by atoms with Crippen LogP contribution < -0.4 is 5.32 Å². The topological polar surface area (TPSA) is 58.3 Å². The number of nitrogens with zero attached hydrogens (tertiary/aromatic N) is 5. The molecule has 1 aromatic carbocycles. The third kappa shape index (κ3) is 4.44. The van der Waals surface area contributed by atoms with Gasteiger partial charge in [-0.25, -0.2) is 14.1 Å². The SMILES string of the molecule is CN=C(NCc1ccnc(-n2cccn2)c1)N(C)Cc1ccc(F)cc1. The van der Waals surface area contributed by atoms with Crippen LogP contribution in [0.4, 0.5) is 4.39 Å². The molecule has 0 fully saturated rings. The quantitative estimate of drug-likeness (QED) is 0.566. The molecular formula is C19H21FN6. The van der Waals surface area contributed by atoms with Crippen molar-refractivity contribution in [2.24, 2.45) is 4.99 Å². The van der Waals surface area contributed by atoms with E-state index in [0.29, 0.717) is 13.1 Å². The van der Waals surface area contributed by atoms with Gasteiger partial charge in [0.15, 0.2) is 11.8 Å². The van der Waals surface area contributed by atoms with E-state index in [2.05, 4.69) is 20.4 Å². The summed E-state index contributed by atoms with van der Waals surface area (Å²) in [4.78, 5) is 10.6. The van der Waals surface area contributed by atoms with Crippen LogP contribution in [0.25, 0.3) is 5.82 Å². The second kappa shape index (κ2) is 8.24. The Morgan fingerprint density at radius 1 is 1.19 bits per heavy atom. The molecule has 2 aromatic heterocycles. The Bertz CT molecular complexity index is 858. The fourth-order valence-corrected chi connectivity index (χ4v) is 2.60. The Hall–Kier alpha value is -3.22. The summed E-state index contributed by atoms with van der Waals surface area (Å²) < 4.78 is 14.8. The highest BCUT2D eigenvalue weighted by Crippen LogP contribution is 2.08. The fraction of sp³-hybridized carbons (Fsp3) is 0.211. The third-order valence-electron chi connectivity index (χ3n) is 3.91. The maximum absolute atomic E-state index is 13.0. The first-order valence-corrected chi connectivity index (χ1v) is 8.27. The van der Waals surface area contributed by atoms with Gasteiger partial charge in [-0.05, 0) is 41.5 Å². The van der Waals surface area contributed by atoms with E-state index >= 15 is 0 Å². The van der Waals surface area contributed by atoms with Gasteiger partial charge in [0, 0.05) is 45.8 Å². The van der Waals surface area contributed by atoms with Gasteiger partial charge >= 0.3 is 0 Å². The van der Waals surface area contributed by atoms with Gasteiger partial charge in [0.2, 0.25) is 0 Å². The zero-order chi connectivity index (χ0) is 18.4. The van der Waals surface area contributed by atoms with Gasteiger partial charge in [-0.2, -0.15) is 5.10 Å². The van der Waals surface area contributed by atoms with Crippen LogP contribution in [0.5, 0.6) is 0 Å². The van der Waals surface area contributed by atoms with E-state index in [9.17, 15) is 4.39 Å². The lowest BCUT2D eigenvalue weighted by Gasteiger charge is -2.22. The molecule has 2 heterocycles. The molecule has 0 saturated heterocycles. The van der Waals surface area contributed by atoms with Gasteiger partial charge in [-0.15, -0.1) is 0 Å². The summed E-state index contributed by atoms with van der Waals surface area (Å²) in [6.45, 7) is 1.24. The van der Waals surface area contributed by atoms with Crippen molar-refractivity contribution >= 4 is 5.96 Å². The molecule has 0 spiro atoms. The van der Waals surface area contributed by atoms with Gasteiger partial charge in [0.25, 0.3) is 0 Å². The molecule has 0 unspecified atom stereocenters. The van der Waals surface area contributed by atoms with Gasteiger partial charge in [0.05, 0.1) is 0 Å². The molecule has 26 heavy (non-hydrogen) atoms. The Morgan fingerprint density at radius 2 is 2.00 bits per heavy atom. The van der Waals surface area contributed by atoms with Crippen molar-refractivity contribution in [1.29, 1.82) is 0 Å². The largest absolute Gasteiger partial charge is 0.352 e. The molecule has 0 aliphatic rings. The predicted octanol–water partition coefficient (Wildman–Crippen LogP) is 2.61. The second-order valence-corrected chi connectivity index (χ2v) is 5.86.